The molecule has 1 aliphatic rings. The van der Waals surface area contributed by atoms with Gasteiger partial charge in [0.25, 0.3) is 11.5 Å². The third kappa shape index (κ3) is 3.86. The molecule has 3 aromatic rings. The molecule has 0 spiro atoms. The molecular formula is C21H16F3N3O3. The quantitative estimate of drug-likeness (QED) is 0.527. The van der Waals surface area contributed by atoms with Crippen molar-refractivity contribution in [2.45, 2.75) is 12.7 Å². The highest BCUT2D eigenvalue weighted by atomic mass is 19.4. The molecule has 0 atom stereocenters. The third-order valence-electron chi connectivity index (χ3n) is 4.66. The number of alkyl halides is 3. The molecule has 2 aromatic carbocycles. The van der Waals surface area contributed by atoms with Crippen LogP contribution in [0.2, 0.25) is 0 Å². The minimum atomic E-state index is -4.44. The maximum atomic E-state index is 12.9. The summed E-state index contributed by atoms with van der Waals surface area (Å²) < 4.78 is 45.8. The lowest BCUT2D eigenvalue weighted by Crippen LogP contribution is -2.25. The van der Waals surface area contributed by atoms with Gasteiger partial charge in [0.15, 0.2) is 11.5 Å². The fourth-order valence-electron chi connectivity index (χ4n) is 3.00. The number of hydrogen-bond acceptors (Lipinski definition) is 4. The van der Waals surface area contributed by atoms with E-state index in [0.717, 1.165) is 17.7 Å². The monoisotopic (exact) mass is 415 g/mol. The lowest BCUT2D eigenvalue weighted by atomic mass is 10.1. The largest absolute Gasteiger partial charge is 0.453 e. The molecule has 0 fully saturated rings. The van der Waals surface area contributed by atoms with Crippen LogP contribution in [-0.4, -0.2) is 10.5 Å². The predicted molar refractivity (Wildman–Crippen MR) is 104 cm³/mol. The van der Waals surface area contributed by atoms with Crippen LogP contribution in [0.25, 0.3) is 0 Å². The molecule has 0 radical (unpaired) electrons. The molecular weight excluding hydrogens is 399 g/mol. The Morgan fingerprint density at radius 2 is 1.87 bits per heavy atom. The summed E-state index contributed by atoms with van der Waals surface area (Å²) in [5.74, 6) is 0.314. The SMILES string of the molecule is Cn1ccc(C(=O)NCc2ccc3c(c2)Oc2ccc(C(F)(F)F)cc2N3)cc1=O. The van der Waals surface area contributed by atoms with E-state index in [-0.39, 0.29) is 29.1 Å². The first kappa shape index (κ1) is 19.6. The Morgan fingerprint density at radius 3 is 2.60 bits per heavy atom. The summed E-state index contributed by atoms with van der Waals surface area (Å²) in [6, 6.07) is 11.1. The van der Waals surface area contributed by atoms with Gasteiger partial charge in [-0.05, 0) is 42.0 Å². The van der Waals surface area contributed by atoms with Crippen LogP contribution in [0.5, 0.6) is 11.5 Å². The van der Waals surface area contributed by atoms with Gasteiger partial charge >= 0.3 is 6.18 Å². The Balaban J connectivity index is 1.48. The standard InChI is InChI=1S/C21H16F3N3O3/c1-27-7-6-13(9-19(27)28)20(29)25-11-12-2-4-15-18(8-12)30-17-5-3-14(21(22,23)24)10-16(17)26-15/h2-10,26H,11H2,1H3,(H,25,29). The molecule has 1 aliphatic heterocycles. The number of carbonyl (C=O) groups excluding carboxylic acids is 1. The lowest BCUT2D eigenvalue weighted by Gasteiger charge is -2.23. The number of rotatable bonds is 3. The molecule has 0 bridgehead atoms. The highest BCUT2D eigenvalue weighted by Gasteiger charge is 2.32. The van der Waals surface area contributed by atoms with Crippen LogP contribution in [0.4, 0.5) is 24.5 Å². The van der Waals surface area contributed by atoms with Crippen LogP contribution >= 0.6 is 0 Å². The minimum Gasteiger partial charge on any atom is -0.453 e. The van der Waals surface area contributed by atoms with Crippen molar-refractivity contribution in [1.82, 2.24) is 9.88 Å². The van der Waals surface area contributed by atoms with Gasteiger partial charge in [0, 0.05) is 31.4 Å². The number of benzene rings is 2. The molecule has 4 rings (SSSR count). The first-order valence-electron chi connectivity index (χ1n) is 8.94. The summed E-state index contributed by atoms with van der Waals surface area (Å²) in [5.41, 5.74) is 0.665. The maximum absolute atomic E-state index is 12.9. The summed E-state index contributed by atoms with van der Waals surface area (Å²) in [6.07, 6.45) is -2.93. The van der Waals surface area contributed by atoms with E-state index in [1.807, 2.05) is 0 Å². The number of aromatic nitrogens is 1. The summed E-state index contributed by atoms with van der Waals surface area (Å²) in [6.45, 7) is 0.185. The van der Waals surface area contributed by atoms with Crippen LogP contribution in [0.1, 0.15) is 21.5 Å². The molecule has 0 saturated carbocycles. The topological polar surface area (TPSA) is 72.4 Å². The lowest BCUT2D eigenvalue weighted by molar-refractivity contribution is -0.137. The van der Waals surface area contributed by atoms with Crippen LogP contribution in [0, 0.1) is 0 Å². The minimum absolute atomic E-state index is 0.185. The van der Waals surface area contributed by atoms with Crippen molar-refractivity contribution in [3.05, 3.63) is 81.8 Å². The molecule has 6 nitrogen and oxygen atoms in total. The predicted octanol–water partition coefficient (Wildman–Crippen LogP) is 4.18. The molecule has 0 saturated heterocycles. The van der Waals surface area contributed by atoms with Gasteiger partial charge in [0.2, 0.25) is 0 Å². The second kappa shape index (κ2) is 7.25. The van der Waals surface area contributed by atoms with Gasteiger partial charge in [0.1, 0.15) is 0 Å². The van der Waals surface area contributed by atoms with Crippen LogP contribution in [0.15, 0.2) is 59.5 Å². The highest BCUT2D eigenvalue weighted by molar-refractivity contribution is 5.94. The molecule has 2 N–H and O–H groups in total. The number of halogens is 3. The number of ether oxygens (including phenoxy) is 1. The van der Waals surface area contributed by atoms with Gasteiger partial charge in [-0.1, -0.05) is 6.07 Å². The summed E-state index contributed by atoms with van der Waals surface area (Å²) in [4.78, 5) is 23.9. The molecule has 9 heteroatoms. The number of amides is 1. The Labute approximate surface area is 168 Å². The van der Waals surface area contributed by atoms with Crippen molar-refractivity contribution in [1.29, 1.82) is 0 Å². The summed E-state index contributed by atoms with van der Waals surface area (Å²) in [7, 11) is 1.59. The molecule has 1 aromatic heterocycles. The van der Waals surface area contributed by atoms with Gasteiger partial charge in [-0.25, -0.2) is 0 Å². The molecule has 0 unspecified atom stereocenters. The van der Waals surface area contributed by atoms with E-state index in [1.165, 1.54) is 22.9 Å². The van der Waals surface area contributed by atoms with Gasteiger partial charge < -0.3 is 19.9 Å². The fraction of sp³-hybridized carbons (Fsp3) is 0.143. The van der Waals surface area contributed by atoms with E-state index in [9.17, 15) is 22.8 Å². The van der Waals surface area contributed by atoms with E-state index < -0.39 is 17.6 Å². The number of fused-ring (bicyclic) bond motifs is 2. The number of nitrogens with zero attached hydrogens (tertiary/aromatic N) is 1. The number of nitrogens with one attached hydrogen (secondary N) is 2. The molecule has 2 heterocycles. The number of anilines is 2. The zero-order chi connectivity index (χ0) is 21.5. The Kier molecular flexibility index (Phi) is 4.73. The summed E-state index contributed by atoms with van der Waals surface area (Å²) >= 11 is 0. The number of hydrogen-bond donors (Lipinski definition) is 2. The van der Waals surface area contributed by atoms with Crippen molar-refractivity contribution in [2.75, 3.05) is 5.32 Å². The van der Waals surface area contributed by atoms with E-state index in [1.54, 1.807) is 31.3 Å². The molecule has 154 valence electrons. The van der Waals surface area contributed by atoms with Crippen LogP contribution in [-0.2, 0) is 19.8 Å². The fourth-order valence-corrected chi connectivity index (χ4v) is 3.00. The average molecular weight is 415 g/mol. The normalized spacial score (nSPS) is 12.3. The van der Waals surface area contributed by atoms with Crippen molar-refractivity contribution < 1.29 is 22.7 Å². The van der Waals surface area contributed by atoms with Crippen LogP contribution < -0.4 is 20.9 Å². The zero-order valence-electron chi connectivity index (χ0n) is 15.7. The van der Waals surface area contributed by atoms with Crippen molar-refractivity contribution in [3.63, 3.8) is 0 Å². The smallest absolute Gasteiger partial charge is 0.416 e. The Bertz CT molecular complexity index is 1200. The van der Waals surface area contributed by atoms with Crippen LogP contribution in [0.3, 0.4) is 0 Å². The number of pyridine rings is 1. The Hall–Kier alpha value is -3.75. The first-order valence-corrected chi connectivity index (χ1v) is 8.94. The van der Waals surface area contributed by atoms with E-state index in [4.69, 9.17) is 4.74 Å². The van der Waals surface area contributed by atoms with Gasteiger partial charge in [-0.3, -0.25) is 9.59 Å². The van der Waals surface area contributed by atoms with E-state index in [0.29, 0.717) is 11.4 Å². The van der Waals surface area contributed by atoms with Crippen molar-refractivity contribution in [2.24, 2.45) is 7.05 Å². The number of carbonyl (C=O) groups is 1. The van der Waals surface area contributed by atoms with Gasteiger partial charge in [-0.15, -0.1) is 0 Å². The van der Waals surface area contributed by atoms with Gasteiger partial charge in [0.05, 0.1) is 16.9 Å². The molecule has 0 aliphatic carbocycles. The third-order valence-corrected chi connectivity index (χ3v) is 4.66. The summed E-state index contributed by atoms with van der Waals surface area (Å²) in [5, 5.41) is 5.66. The van der Waals surface area contributed by atoms with E-state index >= 15 is 0 Å². The maximum Gasteiger partial charge on any atom is 0.416 e. The highest BCUT2D eigenvalue weighted by Crippen LogP contribution is 2.44. The second-order valence-corrected chi connectivity index (χ2v) is 6.81. The molecule has 30 heavy (non-hydrogen) atoms. The number of aryl methyl sites for hydroxylation is 1. The second-order valence-electron chi connectivity index (χ2n) is 6.81. The van der Waals surface area contributed by atoms with Gasteiger partial charge in [-0.2, -0.15) is 13.2 Å². The van der Waals surface area contributed by atoms with Crippen molar-refractivity contribution in [3.8, 4) is 11.5 Å². The van der Waals surface area contributed by atoms with Crippen molar-refractivity contribution >= 4 is 17.3 Å². The average Bonchev–Trinajstić information content (AvgIpc) is 2.71. The Morgan fingerprint density at radius 1 is 1.07 bits per heavy atom. The zero-order valence-corrected chi connectivity index (χ0v) is 15.7. The first-order chi connectivity index (χ1) is 14.2. The molecule has 1 amide bonds. The van der Waals surface area contributed by atoms with E-state index in [2.05, 4.69) is 10.6 Å².